The van der Waals surface area contributed by atoms with Crippen LogP contribution in [-0.2, 0) is 19.0 Å². The van der Waals surface area contributed by atoms with E-state index in [1.165, 1.54) is 20.3 Å². The van der Waals surface area contributed by atoms with Gasteiger partial charge in [0.15, 0.2) is 0 Å². The van der Waals surface area contributed by atoms with Gasteiger partial charge in [-0.3, -0.25) is 9.69 Å². The number of amides is 3. The minimum Gasteiger partial charge on any atom is -0.495 e. The molecule has 0 fully saturated rings. The summed E-state index contributed by atoms with van der Waals surface area (Å²) in [5.74, 6) is 1.23. The molecule has 0 aromatic carbocycles. The Morgan fingerprint density at radius 1 is 1.24 bits per heavy atom. The van der Waals surface area contributed by atoms with Gasteiger partial charge in [0.2, 0.25) is 5.91 Å². The largest absolute Gasteiger partial charge is 0.495 e. The number of methoxy groups -OCH3 is 3. The highest BCUT2D eigenvalue weighted by atomic mass is 35.5. The van der Waals surface area contributed by atoms with Gasteiger partial charge in [-0.25, -0.2) is 14.8 Å². The molecule has 3 rings (SSSR count). The molecule has 1 heterocycles. The molecule has 2 atom stereocenters. The molecule has 0 aromatic rings. The molecule has 3 amide bonds. The first-order chi connectivity index (χ1) is 19.6. The van der Waals surface area contributed by atoms with Crippen molar-refractivity contribution in [2.45, 2.75) is 50.1 Å². The first-order valence-electron chi connectivity index (χ1n) is 13.3. The Balaban J connectivity index is 1.87. The molecule has 41 heavy (non-hydrogen) atoms. The summed E-state index contributed by atoms with van der Waals surface area (Å²) in [7, 11) is 4.63. The van der Waals surface area contributed by atoms with Crippen molar-refractivity contribution in [3.63, 3.8) is 0 Å². The molecule has 0 saturated carbocycles. The van der Waals surface area contributed by atoms with Gasteiger partial charge in [-0.1, -0.05) is 24.3 Å². The second kappa shape index (κ2) is 15.2. The number of hydrogen-bond donors (Lipinski definition) is 3. The van der Waals surface area contributed by atoms with Crippen LogP contribution in [0.4, 0.5) is 4.79 Å². The van der Waals surface area contributed by atoms with E-state index < -0.39 is 17.1 Å². The normalized spacial score (nSPS) is 22.4. The highest BCUT2D eigenvalue weighted by Gasteiger charge is 2.40. The van der Waals surface area contributed by atoms with Crippen LogP contribution in [0, 0.1) is 0 Å². The van der Waals surface area contributed by atoms with Gasteiger partial charge in [-0.05, 0) is 50.8 Å². The van der Waals surface area contributed by atoms with Gasteiger partial charge < -0.3 is 30.2 Å². The lowest BCUT2D eigenvalue weighted by Crippen LogP contribution is -2.50. The molecule has 0 bridgehead atoms. The smallest absolute Gasteiger partial charge is 0.327 e. The first kappa shape index (κ1) is 32.4. The highest BCUT2D eigenvalue weighted by Crippen LogP contribution is 2.39. The number of allylic oxidation sites excluding steroid dienone is 5. The van der Waals surface area contributed by atoms with Crippen molar-refractivity contribution in [1.82, 2.24) is 20.9 Å². The van der Waals surface area contributed by atoms with Crippen LogP contribution in [0.15, 0.2) is 68.8 Å². The average molecular weight is 610 g/mol. The van der Waals surface area contributed by atoms with Gasteiger partial charge in [0.25, 0.3) is 0 Å². The van der Waals surface area contributed by atoms with Gasteiger partial charge >= 0.3 is 6.03 Å². The Morgan fingerprint density at radius 2 is 2.02 bits per heavy atom. The summed E-state index contributed by atoms with van der Waals surface area (Å²) in [6, 6.07) is -0.462. The Kier molecular flexibility index (Phi) is 12.0. The molecule has 3 aliphatic rings. The number of nitrogens with one attached hydrogen (secondary N) is 3. The Labute approximate surface area is 251 Å². The Bertz CT molecular complexity index is 1210. The zero-order valence-electron chi connectivity index (χ0n) is 23.9. The molecule has 0 radical (unpaired) electrons. The zero-order chi connectivity index (χ0) is 30.0. The standard InChI is InChI=1S/C28H38Cl2N6O5/c1-6-24(37)34-20-11-8-7-10-19(20)33-22-16-23(32-18(2)31-22)36(14-9-15-39-3)27(38)35-26-25(29)21(41-5)12-13-28(26,30)17-40-4/h6-7,10,12,18H,1,8-9,11,13-17H2,2-5H3,(H,31,33)(H,34,37)(H,35,38). The molecule has 0 saturated heterocycles. The fourth-order valence-electron chi connectivity index (χ4n) is 4.57. The van der Waals surface area contributed by atoms with Crippen LogP contribution in [-0.4, -0.2) is 80.6 Å². The maximum absolute atomic E-state index is 13.9. The molecular formula is C28H38Cl2N6O5. The number of rotatable bonds is 11. The third kappa shape index (κ3) is 8.45. The fraction of sp³-hybridized carbons (Fsp3) is 0.500. The van der Waals surface area contributed by atoms with Crippen LogP contribution in [0.5, 0.6) is 0 Å². The minimum absolute atomic E-state index is 0.115. The van der Waals surface area contributed by atoms with E-state index in [4.69, 9.17) is 37.4 Å². The van der Waals surface area contributed by atoms with Crippen LogP contribution in [0.1, 0.15) is 39.0 Å². The number of alkyl halides is 1. The molecule has 2 aliphatic carbocycles. The number of nitrogens with zero attached hydrogens (tertiary/aromatic N) is 3. The third-order valence-corrected chi connectivity index (χ3v) is 7.35. The van der Waals surface area contributed by atoms with E-state index >= 15 is 0 Å². The van der Waals surface area contributed by atoms with Crippen LogP contribution in [0.3, 0.4) is 0 Å². The molecule has 2 unspecified atom stereocenters. The van der Waals surface area contributed by atoms with Crippen molar-refractivity contribution >= 4 is 46.8 Å². The highest BCUT2D eigenvalue weighted by molar-refractivity contribution is 6.35. The van der Waals surface area contributed by atoms with E-state index in [9.17, 15) is 9.59 Å². The van der Waals surface area contributed by atoms with Gasteiger partial charge in [0.05, 0.1) is 31.5 Å². The predicted molar refractivity (Wildman–Crippen MR) is 161 cm³/mol. The molecule has 3 N–H and O–H groups in total. The maximum Gasteiger partial charge on any atom is 0.327 e. The number of ether oxygens (including phenoxy) is 3. The molecule has 11 nitrogen and oxygen atoms in total. The summed E-state index contributed by atoms with van der Waals surface area (Å²) in [4.78, 5) is 35.6. The van der Waals surface area contributed by atoms with Crippen molar-refractivity contribution in [2.75, 3.05) is 41.1 Å². The first-order valence-corrected chi connectivity index (χ1v) is 14.0. The molecule has 13 heteroatoms. The number of carbonyl (C=O) groups excluding carboxylic acids is 2. The number of carbonyl (C=O) groups is 2. The van der Waals surface area contributed by atoms with Crippen LogP contribution in [0.25, 0.3) is 0 Å². The molecule has 0 aromatic heterocycles. The Hall–Kier alpha value is -3.12. The summed E-state index contributed by atoms with van der Waals surface area (Å²) < 4.78 is 16.0. The average Bonchev–Trinajstić information content (AvgIpc) is 2.94. The number of amidine groups is 2. The topological polar surface area (TPSA) is 126 Å². The summed E-state index contributed by atoms with van der Waals surface area (Å²) in [5, 5.41) is 9.31. The lowest BCUT2D eigenvalue weighted by molar-refractivity contribution is -0.115. The molecule has 0 spiro atoms. The number of aliphatic imine (C=N–C) groups is 2. The van der Waals surface area contributed by atoms with E-state index in [1.54, 1.807) is 18.1 Å². The second-order valence-electron chi connectivity index (χ2n) is 9.57. The van der Waals surface area contributed by atoms with Crippen molar-refractivity contribution in [3.05, 3.63) is 58.8 Å². The summed E-state index contributed by atoms with van der Waals surface area (Å²) in [5.41, 5.74) is 1.75. The SMILES string of the molecule is C=CC(=O)NC1=C(NC2=NC(C)N=C(N(CCCOC)C(=O)NC3=C(Cl)C(OC)=CCC3(Cl)COC)C2)C=CCC1. The number of hydrogen-bond acceptors (Lipinski definition) is 8. The summed E-state index contributed by atoms with van der Waals surface area (Å²) in [6.07, 6.45) is 9.04. The van der Waals surface area contributed by atoms with Gasteiger partial charge in [0.1, 0.15) is 33.5 Å². The fourth-order valence-corrected chi connectivity index (χ4v) is 5.33. The third-order valence-electron chi connectivity index (χ3n) is 6.52. The monoisotopic (exact) mass is 608 g/mol. The van der Waals surface area contributed by atoms with E-state index in [1.807, 2.05) is 19.1 Å². The van der Waals surface area contributed by atoms with E-state index in [2.05, 4.69) is 32.5 Å². The maximum atomic E-state index is 13.9. The number of urea groups is 1. The second-order valence-corrected chi connectivity index (χ2v) is 10.7. The van der Waals surface area contributed by atoms with E-state index in [0.717, 1.165) is 17.8 Å². The van der Waals surface area contributed by atoms with Crippen molar-refractivity contribution in [1.29, 1.82) is 0 Å². The predicted octanol–water partition coefficient (Wildman–Crippen LogP) is 4.04. The van der Waals surface area contributed by atoms with E-state index in [0.29, 0.717) is 55.5 Å². The molecular weight excluding hydrogens is 571 g/mol. The lowest BCUT2D eigenvalue weighted by Gasteiger charge is -2.35. The summed E-state index contributed by atoms with van der Waals surface area (Å²) in [6.45, 7) is 6.23. The minimum atomic E-state index is -1.09. The van der Waals surface area contributed by atoms with Crippen molar-refractivity contribution in [3.8, 4) is 0 Å². The van der Waals surface area contributed by atoms with Gasteiger partial charge in [0, 0.05) is 33.1 Å². The van der Waals surface area contributed by atoms with Gasteiger partial charge in [-0.15, -0.1) is 11.6 Å². The zero-order valence-corrected chi connectivity index (χ0v) is 25.4. The quantitative estimate of drug-likeness (QED) is 0.185. The van der Waals surface area contributed by atoms with Crippen LogP contribution in [0.2, 0.25) is 0 Å². The summed E-state index contributed by atoms with van der Waals surface area (Å²) >= 11 is 13.5. The van der Waals surface area contributed by atoms with Crippen LogP contribution >= 0.6 is 23.2 Å². The van der Waals surface area contributed by atoms with E-state index in [-0.39, 0.29) is 24.0 Å². The molecule has 224 valence electrons. The number of halogens is 2. The molecule has 1 aliphatic heterocycles. The lowest BCUT2D eigenvalue weighted by atomic mass is 9.95. The van der Waals surface area contributed by atoms with Crippen LogP contribution < -0.4 is 16.0 Å². The Morgan fingerprint density at radius 3 is 2.71 bits per heavy atom. The van der Waals surface area contributed by atoms with Crippen molar-refractivity contribution < 1.29 is 23.8 Å². The van der Waals surface area contributed by atoms with Crippen molar-refractivity contribution in [2.24, 2.45) is 9.98 Å². The van der Waals surface area contributed by atoms with Gasteiger partial charge in [-0.2, -0.15) is 0 Å².